The molecule has 0 aliphatic heterocycles. The van der Waals surface area contributed by atoms with E-state index in [1.807, 2.05) is 5.32 Å². The Labute approximate surface area is 173 Å². The number of alkyl halides is 3. The molecule has 0 spiro atoms. The molecule has 31 heavy (non-hydrogen) atoms. The number of ether oxygens (including phenoxy) is 1. The van der Waals surface area contributed by atoms with Crippen molar-refractivity contribution in [1.82, 2.24) is 0 Å². The molecular weight excluding hydrogens is 426 g/mol. The van der Waals surface area contributed by atoms with E-state index in [0.717, 1.165) is 12.1 Å². The van der Waals surface area contributed by atoms with E-state index in [4.69, 9.17) is 4.74 Å². The molecule has 0 saturated carbocycles. The van der Waals surface area contributed by atoms with Crippen molar-refractivity contribution in [3.8, 4) is 0 Å². The first kappa shape index (κ1) is 23.6. The number of nitro groups is 1. The van der Waals surface area contributed by atoms with Crippen molar-refractivity contribution in [2.24, 2.45) is 0 Å². The minimum absolute atomic E-state index is 0.0287. The minimum Gasteiger partial charge on any atom is -0.444 e. The van der Waals surface area contributed by atoms with Gasteiger partial charge < -0.3 is 10.1 Å². The third-order valence-corrected chi connectivity index (χ3v) is 3.58. The third kappa shape index (κ3) is 6.66. The number of nitrogens with zero attached hydrogens (tertiary/aromatic N) is 1. The quantitative estimate of drug-likeness (QED) is 0.376. The number of halogens is 4. The number of carbonyl (C=O) groups excluding carboxylic acids is 2. The Morgan fingerprint density at radius 1 is 1.03 bits per heavy atom. The summed E-state index contributed by atoms with van der Waals surface area (Å²) in [5.41, 5.74) is -4.32. The van der Waals surface area contributed by atoms with Gasteiger partial charge in [0.2, 0.25) is 0 Å². The van der Waals surface area contributed by atoms with Crippen LogP contribution in [0.15, 0.2) is 36.4 Å². The van der Waals surface area contributed by atoms with Gasteiger partial charge in [-0.3, -0.25) is 20.2 Å². The van der Waals surface area contributed by atoms with Crippen molar-refractivity contribution in [2.75, 3.05) is 10.6 Å². The summed E-state index contributed by atoms with van der Waals surface area (Å²) in [6.07, 6.45) is -5.80. The molecule has 12 heteroatoms. The summed E-state index contributed by atoms with van der Waals surface area (Å²) in [6, 6.07) is 4.40. The zero-order valence-corrected chi connectivity index (χ0v) is 16.5. The van der Waals surface area contributed by atoms with Crippen LogP contribution in [0.2, 0.25) is 0 Å². The number of amides is 2. The lowest BCUT2D eigenvalue weighted by atomic mass is 10.1. The number of hydrogen-bond donors (Lipinski definition) is 2. The first-order chi connectivity index (χ1) is 14.2. The number of benzene rings is 2. The van der Waals surface area contributed by atoms with Gasteiger partial charge in [-0.1, -0.05) is 0 Å². The van der Waals surface area contributed by atoms with Crippen LogP contribution < -0.4 is 10.6 Å². The SMILES string of the molecule is CC(C)(C)OC(=O)Nc1ccc(F)c(NC(=O)c2cc([N+](=O)[O-])cc(C(F)(F)F)c2)c1. The van der Waals surface area contributed by atoms with Crippen LogP contribution in [0, 0.1) is 15.9 Å². The molecule has 2 aromatic rings. The number of hydrogen-bond acceptors (Lipinski definition) is 5. The van der Waals surface area contributed by atoms with Crippen LogP contribution in [0.5, 0.6) is 0 Å². The van der Waals surface area contributed by atoms with E-state index in [-0.39, 0.29) is 11.8 Å². The summed E-state index contributed by atoms with van der Waals surface area (Å²) in [7, 11) is 0. The van der Waals surface area contributed by atoms with Crippen LogP contribution in [0.25, 0.3) is 0 Å². The van der Waals surface area contributed by atoms with Crippen LogP contribution in [-0.4, -0.2) is 22.5 Å². The van der Waals surface area contributed by atoms with Crippen molar-refractivity contribution in [2.45, 2.75) is 32.5 Å². The molecule has 0 heterocycles. The van der Waals surface area contributed by atoms with Crippen molar-refractivity contribution < 1.29 is 36.8 Å². The maximum absolute atomic E-state index is 14.1. The molecule has 166 valence electrons. The van der Waals surface area contributed by atoms with Gasteiger partial charge in [-0.2, -0.15) is 13.2 Å². The minimum atomic E-state index is -4.94. The van der Waals surface area contributed by atoms with Gasteiger partial charge in [0, 0.05) is 23.4 Å². The molecule has 2 N–H and O–H groups in total. The van der Waals surface area contributed by atoms with Gasteiger partial charge in [0.1, 0.15) is 11.4 Å². The highest BCUT2D eigenvalue weighted by Gasteiger charge is 2.33. The molecule has 2 aromatic carbocycles. The average Bonchev–Trinajstić information content (AvgIpc) is 2.61. The number of rotatable bonds is 4. The molecule has 0 atom stereocenters. The van der Waals surface area contributed by atoms with Crippen LogP contribution in [0.1, 0.15) is 36.7 Å². The summed E-state index contributed by atoms with van der Waals surface area (Å²) >= 11 is 0. The average molecular weight is 443 g/mol. The largest absolute Gasteiger partial charge is 0.444 e. The fourth-order valence-corrected chi connectivity index (χ4v) is 2.33. The third-order valence-electron chi connectivity index (χ3n) is 3.58. The highest BCUT2D eigenvalue weighted by molar-refractivity contribution is 6.05. The van der Waals surface area contributed by atoms with E-state index in [1.165, 1.54) is 6.07 Å². The highest BCUT2D eigenvalue weighted by Crippen LogP contribution is 2.33. The van der Waals surface area contributed by atoms with Gasteiger partial charge >= 0.3 is 12.3 Å². The Morgan fingerprint density at radius 2 is 1.68 bits per heavy atom. The smallest absolute Gasteiger partial charge is 0.416 e. The molecule has 0 aromatic heterocycles. The first-order valence-electron chi connectivity index (χ1n) is 8.63. The van der Waals surface area contributed by atoms with Crippen LogP contribution in [0.3, 0.4) is 0 Å². The second kappa shape index (κ2) is 8.58. The lowest BCUT2D eigenvalue weighted by Crippen LogP contribution is -2.27. The number of nitro benzene ring substituents is 1. The molecule has 2 amide bonds. The molecule has 0 aliphatic rings. The molecule has 2 rings (SSSR count). The van der Waals surface area contributed by atoms with Gasteiger partial charge in [0.05, 0.1) is 16.2 Å². The van der Waals surface area contributed by atoms with E-state index >= 15 is 0 Å². The van der Waals surface area contributed by atoms with Gasteiger partial charge in [0.15, 0.2) is 0 Å². The highest BCUT2D eigenvalue weighted by atomic mass is 19.4. The maximum atomic E-state index is 14.1. The van der Waals surface area contributed by atoms with Gasteiger partial charge in [0.25, 0.3) is 11.6 Å². The Hall–Kier alpha value is -3.70. The Morgan fingerprint density at radius 3 is 2.23 bits per heavy atom. The molecule has 0 radical (unpaired) electrons. The standard InChI is InChI=1S/C19H17F4N3O5/c1-18(2,3)31-17(28)24-12-4-5-14(20)15(9-12)25-16(27)10-6-11(19(21,22)23)8-13(7-10)26(29)30/h4-9H,1-3H3,(H,24,28)(H,25,27). The van der Waals surface area contributed by atoms with E-state index < -0.39 is 57.0 Å². The summed E-state index contributed by atoms with van der Waals surface area (Å²) in [5, 5.41) is 15.3. The fraction of sp³-hybridized carbons (Fsp3) is 0.263. The molecule has 0 aliphatic carbocycles. The van der Waals surface area contributed by atoms with Crippen LogP contribution in [0.4, 0.5) is 39.4 Å². The molecular formula is C19H17F4N3O5. The Bertz CT molecular complexity index is 1030. The lowest BCUT2D eigenvalue weighted by molar-refractivity contribution is -0.385. The van der Waals surface area contributed by atoms with Crippen LogP contribution >= 0.6 is 0 Å². The first-order valence-corrected chi connectivity index (χ1v) is 8.63. The number of carbonyl (C=O) groups is 2. The van der Waals surface area contributed by atoms with Crippen molar-refractivity contribution in [3.63, 3.8) is 0 Å². The number of anilines is 2. The molecule has 0 bridgehead atoms. The summed E-state index contributed by atoms with van der Waals surface area (Å²) < 4.78 is 58.1. The number of non-ortho nitro benzene ring substituents is 1. The van der Waals surface area contributed by atoms with Crippen molar-refractivity contribution in [1.29, 1.82) is 0 Å². The van der Waals surface area contributed by atoms with Crippen molar-refractivity contribution in [3.05, 3.63) is 63.5 Å². The molecule has 0 saturated heterocycles. The Balaban J connectivity index is 2.30. The predicted molar refractivity (Wildman–Crippen MR) is 102 cm³/mol. The monoisotopic (exact) mass is 443 g/mol. The normalized spacial score (nSPS) is 11.6. The van der Waals surface area contributed by atoms with E-state index in [9.17, 15) is 37.3 Å². The van der Waals surface area contributed by atoms with Crippen LogP contribution in [-0.2, 0) is 10.9 Å². The summed E-state index contributed by atoms with van der Waals surface area (Å²) in [4.78, 5) is 34.0. The summed E-state index contributed by atoms with van der Waals surface area (Å²) in [6.45, 7) is 4.87. The maximum Gasteiger partial charge on any atom is 0.416 e. The Kier molecular flexibility index (Phi) is 6.52. The predicted octanol–water partition coefficient (Wildman–Crippen LogP) is 5.35. The topological polar surface area (TPSA) is 111 Å². The van der Waals surface area contributed by atoms with E-state index in [1.54, 1.807) is 20.8 Å². The van der Waals surface area contributed by atoms with Gasteiger partial charge in [-0.15, -0.1) is 0 Å². The molecule has 8 nitrogen and oxygen atoms in total. The zero-order chi connectivity index (χ0) is 23.6. The second-order valence-electron chi connectivity index (χ2n) is 7.30. The molecule has 0 unspecified atom stereocenters. The van der Waals surface area contributed by atoms with Gasteiger partial charge in [-0.05, 0) is 45.0 Å². The van der Waals surface area contributed by atoms with E-state index in [0.29, 0.717) is 12.1 Å². The second-order valence-corrected chi connectivity index (χ2v) is 7.30. The summed E-state index contributed by atoms with van der Waals surface area (Å²) in [5.74, 6) is -2.17. The molecule has 0 fully saturated rings. The van der Waals surface area contributed by atoms with Crippen molar-refractivity contribution >= 4 is 29.1 Å². The zero-order valence-electron chi connectivity index (χ0n) is 16.5. The fourth-order valence-electron chi connectivity index (χ4n) is 2.33. The van der Waals surface area contributed by atoms with E-state index in [2.05, 4.69) is 5.32 Å². The number of nitrogens with one attached hydrogen (secondary N) is 2. The van der Waals surface area contributed by atoms with Gasteiger partial charge in [-0.25, -0.2) is 9.18 Å². The lowest BCUT2D eigenvalue weighted by Gasteiger charge is -2.20.